The summed E-state index contributed by atoms with van der Waals surface area (Å²) in [5.41, 5.74) is 6.01. The Labute approximate surface area is 121 Å². The van der Waals surface area contributed by atoms with Crippen LogP contribution in [0.3, 0.4) is 0 Å². The minimum Gasteiger partial charge on any atom is -0.336 e. The molecule has 1 aromatic heterocycles. The van der Waals surface area contributed by atoms with Gasteiger partial charge in [0.25, 0.3) is 0 Å². The van der Waals surface area contributed by atoms with Gasteiger partial charge in [0.05, 0.1) is 16.4 Å². The van der Waals surface area contributed by atoms with Gasteiger partial charge in [-0.1, -0.05) is 20.3 Å². The molecule has 0 saturated carbocycles. The summed E-state index contributed by atoms with van der Waals surface area (Å²) in [5, 5.41) is 0. The maximum atomic E-state index is 12.3. The van der Waals surface area contributed by atoms with Crippen LogP contribution in [0, 0.1) is 5.92 Å². The first-order valence-corrected chi connectivity index (χ1v) is 7.89. The molecule has 1 heterocycles. The van der Waals surface area contributed by atoms with Gasteiger partial charge in [0.1, 0.15) is 0 Å². The second-order valence-electron chi connectivity index (χ2n) is 4.47. The van der Waals surface area contributed by atoms with Gasteiger partial charge in [-0.2, -0.15) is 0 Å². The number of hydrogen-bond donors (Lipinski definition) is 1. The van der Waals surface area contributed by atoms with E-state index < -0.39 is 6.04 Å². The smallest absolute Gasteiger partial charge is 0.240 e. The first-order chi connectivity index (χ1) is 8.49. The maximum Gasteiger partial charge on any atom is 0.240 e. The molecule has 0 saturated heterocycles. The van der Waals surface area contributed by atoms with Gasteiger partial charge in [-0.25, -0.2) is 0 Å². The van der Waals surface area contributed by atoms with Crippen molar-refractivity contribution in [2.45, 2.75) is 39.8 Å². The van der Waals surface area contributed by atoms with E-state index >= 15 is 0 Å². The minimum absolute atomic E-state index is 0.0522. The number of carbonyl (C=O) groups excluding carboxylic acids is 1. The molecule has 0 aliphatic heterocycles. The van der Waals surface area contributed by atoms with Gasteiger partial charge in [-0.15, -0.1) is 11.3 Å². The molecule has 2 N–H and O–H groups in total. The SMILES string of the molecule is CC[C@H](C)[C@H](N)C(=O)N(CC)Cc1ccc(Br)s1. The van der Waals surface area contributed by atoms with Crippen LogP contribution in [0.4, 0.5) is 0 Å². The molecule has 2 atom stereocenters. The van der Waals surface area contributed by atoms with Crippen molar-refractivity contribution in [1.82, 2.24) is 4.90 Å². The van der Waals surface area contributed by atoms with Crippen LogP contribution in [-0.2, 0) is 11.3 Å². The lowest BCUT2D eigenvalue weighted by atomic mass is 9.99. The molecule has 18 heavy (non-hydrogen) atoms. The second-order valence-corrected chi connectivity index (χ2v) is 7.02. The Balaban J connectivity index is 2.68. The van der Waals surface area contributed by atoms with Crippen molar-refractivity contribution in [2.24, 2.45) is 11.7 Å². The first kappa shape index (κ1) is 15.7. The third-order valence-corrected chi connectivity index (χ3v) is 4.82. The molecule has 1 amide bonds. The standard InChI is InChI=1S/C13H21BrN2OS/c1-4-9(3)12(15)13(17)16(5-2)8-10-6-7-11(14)18-10/h6-7,9,12H,4-5,8,15H2,1-3H3/t9-,12-/m0/s1. The number of hydrogen-bond acceptors (Lipinski definition) is 3. The zero-order valence-electron chi connectivity index (χ0n) is 11.1. The quantitative estimate of drug-likeness (QED) is 0.869. The van der Waals surface area contributed by atoms with E-state index in [1.165, 1.54) is 4.88 Å². The van der Waals surface area contributed by atoms with Gasteiger partial charge < -0.3 is 10.6 Å². The van der Waals surface area contributed by atoms with Crippen LogP contribution < -0.4 is 5.73 Å². The molecule has 0 aliphatic rings. The molecule has 0 aromatic carbocycles. The molecular formula is C13H21BrN2OS. The molecule has 0 bridgehead atoms. The third-order valence-electron chi connectivity index (χ3n) is 3.21. The number of halogens is 1. The molecule has 0 radical (unpaired) electrons. The van der Waals surface area contributed by atoms with Crippen LogP contribution in [-0.4, -0.2) is 23.4 Å². The highest BCUT2D eigenvalue weighted by molar-refractivity contribution is 9.11. The Morgan fingerprint density at radius 1 is 1.50 bits per heavy atom. The van der Waals surface area contributed by atoms with Crippen LogP contribution in [0.5, 0.6) is 0 Å². The molecule has 0 unspecified atom stereocenters. The molecule has 3 nitrogen and oxygen atoms in total. The average Bonchev–Trinajstić information content (AvgIpc) is 2.78. The van der Waals surface area contributed by atoms with Crippen molar-refractivity contribution in [3.05, 3.63) is 20.8 Å². The maximum absolute atomic E-state index is 12.3. The summed E-state index contributed by atoms with van der Waals surface area (Å²) < 4.78 is 1.09. The summed E-state index contributed by atoms with van der Waals surface area (Å²) in [6, 6.07) is 3.66. The number of carbonyl (C=O) groups is 1. The third kappa shape index (κ3) is 4.07. The Morgan fingerprint density at radius 2 is 2.17 bits per heavy atom. The van der Waals surface area contributed by atoms with Gasteiger partial charge >= 0.3 is 0 Å². The summed E-state index contributed by atoms with van der Waals surface area (Å²) >= 11 is 5.09. The molecule has 0 fully saturated rings. The van der Waals surface area contributed by atoms with Crippen LogP contribution in [0.1, 0.15) is 32.1 Å². The van der Waals surface area contributed by atoms with Gasteiger partial charge in [-0.3, -0.25) is 4.79 Å². The van der Waals surface area contributed by atoms with E-state index in [0.29, 0.717) is 13.1 Å². The van der Waals surface area contributed by atoms with Crippen LogP contribution >= 0.6 is 27.3 Å². The first-order valence-electron chi connectivity index (χ1n) is 6.28. The predicted octanol–water partition coefficient (Wildman–Crippen LogP) is 3.23. The van der Waals surface area contributed by atoms with Gasteiger partial charge in [0.2, 0.25) is 5.91 Å². The molecule has 1 aromatic rings. The van der Waals surface area contributed by atoms with Crippen molar-refractivity contribution >= 4 is 33.2 Å². The molecule has 102 valence electrons. The molecule has 5 heteroatoms. The summed E-state index contributed by atoms with van der Waals surface area (Å²) in [7, 11) is 0. The summed E-state index contributed by atoms with van der Waals surface area (Å²) in [6.07, 6.45) is 0.926. The van der Waals surface area contributed by atoms with E-state index in [-0.39, 0.29) is 11.8 Å². The number of rotatable bonds is 6. The van der Waals surface area contributed by atoms with E-state index in [1.807, 2.05) is 30.9 Å². The van der Waals surface area contributed by atoms with E-state index in [1.54, 1.807) is 11.3 Å². The normalized spacial score (nSPS) is 14.3. The van der Waals surface area contributed by atoms with Crippen molar-refractivity contribution in [1.29, 1.82) is 0 Å². The van der Waals surface area contributed by atoms with Gasteiger partial charge in [0.15, 0.2) is 0 Å². The monoisotopic (exact) mass is 332 g/mol. The Hall–Kier alpha value is -0.390. The van der Waals surface area contributed by atoms with Crippen LogP contribution in [0.15, 0.2) is 15.9 Å². The van der Waals surface area contributed by atoms with E-state index in [9.17, 15) is 4.79 Å². The predicted molar refractivity (Wildman–Crippen MR) is 80.5 cm³/mol. The van der Waals surface area contributed by atoms with E-state index in [2.05, 4.69) is 22.9 Å². The highest BCUT2D eigenvalue weighted by Gasteiger charge is 2.24. The largest absolute Gasteiger partial charge is 0.336 e. The average molecular weight is 333 g/mol. The second kappa shape index (κ2) is 7.26. The van der Waals surface area contributed by atoms with Crippen molar-refractivity contribution < 1.29 is 4.79 Å². The lowest BCUT2D eigenvalue weighted by Gasteiger charge is -2.26. The fourth-order valence-corrected chi connectivity index (χ4v) is 3.18. The Bertz CT molecular complexity index is 394. The lowest BCUT2D eigenvalue weighted by molar-refractivity contribution is -0.134. The fraction of sp³-hybridized carbons (Fsp3) is 0.615. The Morgan fingerprint density at radius 3 is 2.61 bits per heavy atom. The van der Waals surface area contributed by atoms with Crippen molar-refractivity contribution in [3.8, 4) is 0 Å². The molecular weight excluding hydrogens is 312 g/mol. The highest BCUT2D eigenvalue weighted by atomic mass is 79.9. The van der Waals surface area contributed by atoms with Crippen molar-refractivity contribution in [3.63, 3.8) is 0 Å². The number of thiophene rings is 1. The summed E-state index contributed by atoms with van der Waals surface area (Å²) in [4.78, 5) is 15.3. The van der Waals surface area contributed by atoms with Gasteiger partial charge in [-0.05, 0) is 40.9 Å². The summed E-state index contributed by atoms with van der Waals surface area (Å²) in [6.45, 7) is 7.42. The number of nitrogens with zero attached hydrogens (tertiary/aromatic N) is 1. The number of nitrogens with two attached hydrogens (primary N) is 1. The van der Waals surface area contributed by atoms with Crippen LogP contribution in [0.2, 0.25) is 0 Å². The number of amides is 1. The molecule has 0 spiro atoms. The lowest BCUT2D eigenvalue weighted by Crippen LogP contribution is -2.46. The minimum atomic E-state index is -0.390. The fourth-order valence-electron chi connectivity index (χ4n) is 1.68. The van der Waals surface area contributed by atoms with Crippen molar-refractivity contribution in [2.75, 3.05) is 6.54 Å². The molecule has 0 aliphatic carbocycles. The van der Waals surface area contributed by atoms with Gasteiger partial charge in [0, 0.05) is 11.4 Å². The van der Waals surface area contributed by atoms with E-state index in [0.717, 1.165) is 10.2 Å². The summed E-state index contributed by atoms with van der Waals surface area (Å²) in [5.74, 6) is 0.276. The van der Waals surface area contributed by atoms with E-state index in [4.69, 9.17) is 5.73 Å². The number of likely N-dealkylation sites (N-methyl/N-ethyl adjacent to an activating group) is 1. The zero-order valence-corrected chi connectivity index (χ0v) is 13.6. The Kier molecular flexibility index (Phi) is 6.32. The highest BCUT2D eigenvalue weighted by Crippen LogP contribution is 2.23. The van der Waals surface area contributed by atoms with Crippen LogP contribution in [0.25, 0.3) is 0 Å². The topological polar surface area (TPSA) is 46.3 Å². The molecule has 1 rings (SSSR count). The zero-order chi connectivity index (χ0) is 13.7.